The van der Waals surface area contributed by atoms with E-state index < -0.39 is 6.10 Å². The highest BCUT2D eigenvalue weighted by Crippen LogP contribution is 2.28. The van der Waals surface area contributed by atoms with Crippen LogP contribution in [-0.4, -0.2) is 18.6 Å². The molecule has 0 spiro atoms. The highest BCUT2D eigenvalue weighted by molar-refractivity contribution is 5.96. The molecule has 5 nitrogen and oxygen atoms in total. The van der Waals surface area contributed by atoms with Crippen LogP contribution in [0.3, 0.4) is 0 Å². The Morgan fingerprint density at radius 2 is 1.83 bits per heavy atom. The Balaban J connectivity index is 1.62. The molecule has 1 fully saturated rings. The fraction of sp³-hybridized carbons (Fsp3) is 0.333. The summed E-state index contributed by atoms with van der Waals surface area (Å²) in [7, 11) is 0. The van der Waals surface area contributed by atoms with E-state index in [0.717, 1.165) is 18.4 Å². The molecule has 1 unspecified atom stereocenters. The summed E-state index contributed by atoms with van der Waals surface area (Å²) in [6.45, 7) is 7.09. The van der Waals surface area contributed by atoms with Crippen molar-refractivity contribution in [3.8, 4) is 11.3 Å². The molecule has 2 heterocycles. The van der Waals surface area contributed by atoms with E-state index in [2.05, 4.69) is 38.2 Å². The van der Waals surface area contributed by atoms with Crippen LogP contribution >= 0.6 is 0 Å². The minimum Gasteiger partial charge on any atom is -0.456 e. The summed E-state index contributed by atoms with van der Waals surface area (Å²) >= 11 is 0. The summed E-state index contributed by atoms with van der Waals surface area (Å²) in [5, 5.41) is 3.26. The summed E-state index contributed by atoms with van der Waals surface area (Å²) in [4.78, 5) is 24.9. The number of rotatable bonds is 3. The number of ether oxygens (including phenoxy) is 1. The molecule has 1 amide bonds. The lowest BCUT2D eigenvalue weighted by molar-refractivity contribution is -0.124. The van der Waals surface area contributed by atoms with Crippen molar-refractivity contribution >= 4 is 22.6 Å². The minimum atomic E-state index is -0.416. The maximum atomic E-state index is 12.7. The van der Waals surface area contributed by atoms with Crippen LogP contribution in [0.15, 0.2) is 57.7 Å². The fourth-order valence-corrected chi connectivity index (χ4v) is 3.52. The van der Waals surface area contributed by atoms with Gasteiger partial charge in [0.05, 0.1) is 5.39 Å². The number of anilines is 1. The Morgan fingerprint density at radius 3 is 2.48 bits per heavy atom. The Labute approximate surface area is 169 Å². The number of nitrogens with one attached hydrogen (secondary N) is 1. The van der Waals surface area contributed by atoms with Gasteiger partial charge in [-0.3, -0.25) is 9.59 Å². The number of hydrogen-bond acceptors (Lipinski definition) is 4. The number of carbonyl (C=O) groups excluding carboxylic acids is 1. The quantitative estimate of drug-likeness (QED) is 0.691. The minimum absolute atomic E-state index is 0.0626. The molecule has 1 aliphatic heterocycles. The van der Waals surface area contributed by atoms with Gasteiger partial charge in [0.1, 0.15) is 17.4 Å². The maximum absolute atomic E-state index is 12.7. The van der Waals surface area contributed by atoms with Gasteiger partial charge in [-0.05, 0) is 42.0 Å². The van der Waals surface area contributed by atoms with Gasteiger partial charge in [-0.2, -0.15) is 0 Å². The first kappa shape index (κ1) is 19.4. The lowest BCUT2D eigenvalue weighted by Crippen LogP contribution is -2.26. The van der Waals surface area contributed by atoms with E-state index in [1.165, 1.54) is 11.6 Å². The van der Waals surface area contributed by atoms with Crippen molar-refractivity contribution in [1.82, 2.24) is 0 Å². The number of benzene rings is 2. The lowest BCUT2D eigenvalue weighted by atomic mass is 9.86. The number of fused-ring (bicyclic) bond motifs is 1. The average Bonchev–Trinajstić information content (AvgIpc) is 3.23. The average molecular weight is 391 g/mol. The first-order valence-corrected chi connectivity index (χ1v) is 9.92. The maximum Gasteiger partial charge on any atom is 0.253 e. The van der Waals surface area contributed by atoms with Crippen LogP contribution in [0.2, 0.25) is 0 Å². The van der Waals surface area contributed by atoms with Crippen LogP contribution in [0.25, 0.3) is 22.3 Å². The van der Waals surface area contributed by atoms with Crippen molar-refractivity contribution in [3.05, 3.63) is 64.3 Å². The molecule has 4 rings (SSSR count). The van der Waals surface area contributed by atoms with Crippen molar-refractivity contribution in [2.45, 2.75) is 45.1 Å². The summed E-state index contributed by atoms with van der Waals surface area (Å²) in [5.41, 5.74) is 3.04. The van der Waals surface area contributed by atoms with Gasteiger partial charge in [-0.25, -0.2) is 0 Å². The third-order valence-corrected chi connectivity index (χ3v) is 5.25. The summed E-state index contributed by atoms with van der Waals surface area (Å²) in [6.07, 6.45) is 1.19. The second kappa shape index (κ2) is 7.48. The predicted octanol–water partition coefficient (Wildman–Crippen LogP) is 4.88. The molecule has 3 aromatic rings. The monoisotopic (exact) mass is 391 g/mol. The van der Waals surface area contributed by atoms with E-state index in [1.807, 2.05) is 12.1 Å². The second-order valence-electron chi connectivity index (χ2n) is 8.50. The van der Waals surface area contributed by atoms with Gasteiger partial charge in [0.25, 0.3) is 5.91 Å². The van der Waals surface area contributed by atoms with E-state index in [-0.39, 0.29) is 16.8 Å². The van der Waals surface area contributed by atoms with E-state index in [0.29, 0.717) is 29.0 Å². The molecule has 1 aliphatic rings. The van der Waals surface area contributed by atoms with Gasteiger partial charge >= 0.3 is 0 Å². The van der Waals surface area contributed by atoms with Crippen LogP contribution in [0.1, 0.15) is 39.2 Å². The number of hydrogen-bond donors (Lipinski definition) is 1. The van der Waals surface area contributed by atoms with Crippen LogP contribution in [0.4, 0.5) is 5.69 Å². The highest BCUT2D eigenvalue weighted by atomic mass is 16.5. The molecule has 150 valence electrons. The third-order valence-electron chi connectivity index (χ3n) is 5.25. The van der Waals surface area contributed by atoms with Crippen LogP contribution in [0, 0.1) is 0 Å². The van der Waals surface area contributed by atoms with Crippen molar-refractivity contribution < 1.29 is 13.9 Å². The highest BCUT2D eigenvalue weighted by Gasteiger charge is 2.23. The van der Waals surface area contributed by atoms with Crippen molar-refractivity contribution in [2.75, 3.05) is 11.9 Å². The van der Waals surface area contributed by atoms with Crippen molar-refractivity contribution in [1.29, 1.82) is 0 Å². The van der Waals surface area contributed by atoms with Gasteiger partial charge in [-0.1, -0.05) is 45.0 Å². The second-order valence-corrected chi connectivity index (χ2v) is 8.50. The SMILES string of the molecule is CC(C)(C)c1ccc(-c2cc(=O)c3cc(NC(=O)C4CCCO4)ccc3o2)cc1. The predicted molar refractivity (Wildman–Crippen MR) is 114 cm³/mol. The Kier molecular flexibility index (Phi) is 5.01. The van der Waals surface area contributed by atoms with Gasteiger partial charge in [0.15, 0.2) is 5.43 Å². The molecular formula is C24H25NO4. The smallest absolute Gasteiger partial charge is 0.253 e. The summed E-state index contributed by atoms with van der Waals surface area (Å²) < 4.78 is 11.4. The van der Waals surface area contributed by atoms with E-state index >= 15 is 0 Å². The van der Waals surface area contributed by atoms with Gasteiger partial charge < -0.3 is 14.5 Å². The molecule has 0 saturated carbocycles. The topological polar surface area (TPSA) is 68.5 Å². The standard InChI is InChI=1S/C24H25NO4/c1-24(2,3)16-8-6-15(7-9-16)22-14-19(26)18-13-17(10-11-20(18)29-22)25-23(27)21-5-4-12-28-21/h6-11,13-14,21H,4-5,12H2,1-3H3,(H,25,27). The molecule has 2 aromatic carbocycles. The molecule has 1 N–H and O–H groups in total. The van der Waals surface area contributed by atoms with E-state index in [9.17, 15) is 9.59 Å². The zero-order valence-electron chi connectivity index (χ0n) is 17.0. The zero-order chi connectivity index (χ0) is 20.6. The fourth-order valence-electron chi connectivity index (χ4n) is 3.52. The Morgan fingerprint density at radius 1 is 1.07 bits per heavy atom. The number of amides is 1. The van der Waals surface area contributed by atoms with Crippen LogP contribution in [0.5, 0.6) is 0 Å². The molecule has 29 heavy (non-hydrogen) atoms. The molecule has 1 atom stereocenters. The first-order chi connectivity index (χ1) is 13.8. The number of carbonyl (C=O) groups is 1. The summed E-state index contributed by atoms with van der Waals surface area (Å²) in [5.74, 6) is 0.348. The third kappa shape index (κ3) is 4.10. The largest absolute Gasteiger partial charge is 0.456 e. The molecule has 0 aliphatic carbocycles. The molecule has 1 aromatic heterocycles. The molecule has 1 saturated heterocycles. The van der Waals surface area contributed by atoms with Crippen molar-refractivity contribution in [2.24, 2.45) is 0 Å². The lowest BCUT2D eigenvalue weighted by Gasteiger charge is -2.19. The first-order valence-electron chi connectivity index (χ1n) is 9.92. The van der Waals surface area contributed by atoms with Gasteiger partial charge in [-0.15, -0.1) is 0 Å². The molecular weight excluding hydrogens is 366 g/mol. The van der Waals surface area contributed by atoms with Crippen LogP contribution < -0.4 is 10.7 Å². The van der Waals surface area contributed by atoms with Crippen molar-refractivity contribution in [3.63, 3.8) is 0 Å². The Hall–Kier alpha value is -2.92. The van der Waals surface area contributed by atoms with Gasteiger partial charge in [0, 0.05) is 23.9 Å². The zero-order valence-corrected chi connectivity index (χ0v) is 17.0. The Bertz CT molecular complexity index is 1100. The van der Waals surface area contributed by atoms with Crippen LogP contribution in [-0.2, 0) is 14.9 Å². The summed E-state index contributed by atoms with van der Waals surface area (Å²) in [6, 6.07) is 14.7. The van der Waals surface area contributed by atoms with Gasteiger partial charge in [0.2, 0.25) is 0 Å². The van der Waals surface area contributed by atoms with E-state index in [1.54, 1.807) is 18.2 Å². The molecule has 0 bridgehead atoms. The normalized spacial score (nSPS) is 16.9. The molecule has 5 heteroatoms. The molecule has 0 radical (unpaired) electrons. The van der Waals surface area contributed by atoms with E-state index in [4.69, 9.17) is 9.15 Å².